The van der Waals surface area contributed by atoms with E-state index in [-0.39, 0.29) is 5.56 Å². The van der Waals surface area contributed by atoms with Crippen LogP contribution < -0.4 is 0 Å². The fourth-order valence-electron chi connectivity index (χ4n) is 3.51. The maximum Gasteiger partial charge on any atom is 0.417 e. The Morgan fingerprint density at radius 3 is 1.36 bits per heavy atom. The first kappa shape index (κ1) is 18.1. The highest BCUT2D eigenvalue weighted by molar-refractivity contribution is 5.92. The molecule has 0 bridgehead atoms. The highest BCUT2D eigenvalue weighted by Crippen LogP contribution is 2.42. The number of alkyl halides is 3. The van der Waals surface area contributed by atoms with Crippen molar-refractivity contribution < 1.29 is 13.2 Å². The molecule has 138 valence electrons. The average molecular weight is 374 g/mol. The third-order valence-electron chi connectivity index (χ3n) is 4.75. The molecule has 0 saturated heterocycles. The molecule has 0 amide bonds. The molecule has 0 aliphatic carbocycles. The topological polar surface area (TPSA) is 0 Å². The second kappa shape index (κ2) is 7.35. The van der Waals surface area contributed by atoms with Gasteiger partial charge in [-0.1, -0.05) is 97.1 Å². The molecule has 0 aliphatic rings. The molecule has 0 spiro atoms. The van der Waals surface area contributed by atoms with Gasteiger partial charge in [-0.05, 0) is 39.4 Å². The van der Waals surface area contributed by atoms with Crippen molar-refractivity contribution in [2.24, 2.45) is 0 Å². The predicted octanol–water partition coefficient (Wildman–Crippen LogP) is 7.71. The Hall–Kier alpha value is -3.33. The summed E-state index contributed by atoms with van der Waals surface area (Å²) in [5, 5.41) is 0. The zero-order valence-corrected chi connectivity index (χ0v) is 14.9. The van der Waals surface area contributed by atoms with Crippen LogP contribution >= 0.6 is 0 Å². The summed E-state index contributed by atoms with van der Waals surface area (Å²) in [7, 11) is 0. The molecule has 0 heterocycles. The Kier molecular flexibility index (Phi) is 4.74. The van der Waals surface area contributed by atoms with Gasteiger partial charge in [0, 0.05) is 0 Å². The third kappa shape index (κ3) is 3.44. The lowest BCUT2D eigenvalue weighted by Crippen LogP contribution is -2.07. The van der Waals surface area contributed by atoms with Crippen molar-refractivity contribution in [2.45, 2.75) is 6.18 Å². The van der Waals surface area contributed by atoms with Crippen LogP contribution in [0.2, 0.25) is 0 Å². The van der Waals surface area contributed by atoms with Crippen molar-refractivity contribution in [1.29, 1.82) is 0 Å². The predicted molar refractivity (Wildman–Crippen MR) is 108 cm³/mol. The van der Waals surface area contributed by atoms with Gasteiger partial charge in [0.2, 0.25) is 0 Å². The van der Waals surface area contributed by atoms with Crippen LogP contribution in [0.4, 0.5) is 13.2 Å². The van der Waals surface area contributed by atoms with E-state index >= 15 is 0 Å². The van der Waals surface area contributed by atoms with Crippen LogP contribution in [0.3, 0.4) is 0 Å². The average Bonchev–Trinajstić information content (AvgIpc) is 2.74. The first-order valence-corrected chi connectivity index (χ1v) is 8.96. The molecule has 4 aromatic rings. The van der Waals surface area contributed by atoms with E-state index < -0.39 is 11.7 Å². The highest BCUT2D eigenvalue weighted by Gasteiger charge is 2.33. The van der Waals surface area contributed by atoms with Gasteiger partial charge in [-0.2, -0.15) is 13.2 Å². The highest BCUT2D eigenvalue weighted by atomic mass is 19.4. The number of halogens is 3. The van der Waals surface area contributed by atoms with Crippen molar-refractivity contribution >= 4 is 0 Å². The summed E-state index contributed by atoms with van der Waals surface area (Å²) >= 11 is 0. The van der Waals surface area contributed by atoms with Crippen LogP contribution in [0, 0.1) is 0 Å². The maximum absolute atomic E-state index is 13.6. The van der Waals surface area contributed by atoms with Gasteiger partial charge in [0.05, 0.1) is 5.56 Å². The minimum atomic E-state index is -4.41. The second-order valence-corrected chi connectivity index (χ2v) is 6.50. The van der Waals surface area contributed by atoms with E-state index in [1.165, 1.54) is 12.1 Å². The Morgan fingerprint density at radius 2 is 0.786 bits per heavy atom. The molecule has 0 saturated carbocycles. The number of hydrogen-bond donors (Lipinski definition) is 0. The van der Waals surface area contributed by atoms with E-state index in [1.54, 1.807) is 18.2 Å². The van der Waals surface area contributed by atoms with E-state index in [0.717, 1.165) is 28.3 Å². The standard InChI is InChI=1S/C25H17F3/c26-25(27,28)24-17-9-8-16-23(24)22-15-7-6-14-21(22)20-13-5-4-12-19(20)18-10-2-1-3-11-18/h1-17H. The minimum absolute atomic E-state index is 0.188. The van der Waals surface area contributed by atoms with Gasteiger partial charge in [0.25, 0.3) is 0 Å². The van der Waals surface area contributed by atoms with Gasteiger partial charge in [-0.25, -0.2) is 0 Å². The first-order chi connectivity index (χ1) is 13.6. The molecule has 0 radical (unpaired) electrons. The Bertz CT molecular complexity index is 1100. The summed E-state index contributed by atoms with van der Waals surface area (Å²) in [6.45, 7) is 0. The van der Waals surface area contributed by atoms with E-state index in [9.17, 15) is 13.2 Å². The van der Waals surface area contributed by atoms with Crippen LogP contribution in [-0.4, -0.2) is 0 Å². The van der Waals surface area contributed by atoms with Crippen molar-refractivity contribution in [3.05, 3.63) is 109 Å². The molecule has 0 atom stereocenters. The zero-order chi connectivity index (χ0) is 19.6. The van der Waals surface area contributed by atoms with Gasteiger partial charge in [0.15, 0.2) is 0 Å². The van der Waals surface area contributed by atoms with Crippen LogP contribution in [-0.2, 0) is 6.18 Å². The molecule has 0 unspecified atom stereocenters. The van der Waals surface area contributed by atoms with E-state index in [4.69, 9.17) is 0 Å². The number of benzene rings is 4. The van der Waals surface area contributed by atoms with Gasteiger partial charge >= 0.3 is 6.18 Å². The molecular formula is C25H17F3. The van der Waals surface area contributed by atoms with Crippen LogP contribution in [0.5, 0.6) is 0 Å². The minimum Gasteiger partial charge on any atom is -0.166 e. The first-order valence-electron chi connectivity index (χ1n) is 8.96. The van der Waals surface area contributed by atoms with Gasteiger partial charge in [-0.3, -0.25) is 0 Å². The Morgan fingerprint density at radius 1 is 0.393 bits per heavy atom. The Balaban J connectivity index is 1.96. The lowest BCUT2D eigenvalue weighted by molar-refractivity contribution is -0.137. The summed E-state index contributed by atoms with van der Waals surface area (Å²) in [5.74, 6) is 0. The largest absolute Gasteiger partial charge is 0.417 e. The fourth-order valence-corrected chi connectivity index (χ4v) is 3.51. The SMILES string of the molecule is FC(F)(F)c1ccccc1-c1ccccc1-c1ccccc1-c1ccccc1. The lowest BCUT2D eigenvalue weighted by Gasteiger charge is -2.18. The molecule has 0 aromatic heterocycles. The summed E-state index contributed by atoms with van der Waals surface area (Å²) in [6, 6.07) is 30.7. The number of hydrogen-bond acceptors (Lipinski definition) is 0. The third-order valence-corrected chi connectivity index (χ3v) is 4.75. The van der Waals surface area contributed by atoms with Crippen LogP contribution in [0.25, 0.3) is 33.4 Å². The normalized spacial score (nSPS) is 11.4. The van der Waals surface area contributed by atoms with E-state index in [2.05, 4.69) is 0 Å². The zero-order valence-electron chi connectivity index (χ0n) is 14.9. The monoisotopic (exact) mass is 374 g/mol. The quantitative estimate of drug-likeness (QED) is 0.344. The molecule has 4 aromatic carbocycles. The van der Waals surface area contributed by atoms with E-state index in [0.29, 0.717) is 5.56 Å². The molecule has 0 nitrogen and oxygen atoms in total. The Labute approximate surface area is 161 Å². The molecule has 0 N–H and O–H groups in total. The molecule has 0 aliphatic heterocycles. The van der Waals surface area contributed by atoms with Gasteiger partial charge in [-0.15, -0.1) is 0 Å². The fraction of sp³-hybridized carbons (Fsp3) is 0.0400. The summed E-state index contributed by atoms with van der Waals surface area (Å²) in [6.07, 6.45) is -4.41. The van der Waals surface area contributed by atoms with E-state index in [1.807, 2.05) is 66.7 Å². The van der Waals surface area contributed by atoms with Crippen molar-refractivity contribution in [3.8, 4) is 33.4 Å². The van der Waals surface area contributed by atoms with Crippen LogP contribution in [0.1, 0.15) is 5.56 Å². The van der Waals surface area contributed by atoms with Crippen molar-refractivity contribution in [1.82, 2.24) is 0 Å². The number of rotatable bonds is 3. The van der Waals surface area contributed by atoms with Gasteiger partial charge in [0.1, 0.15) is 0 Å². The van der Waals surface area contributed by atoms with Crippen LogP contribution in [0.15, 0.2) is 103 Å². The summed E-state index contributed by atoms with van der Waals surface area (Å²) in [5.41, 5.74) is 3.82. The smallest absolute Gasteiger partial charge is 0.166 e. The maximum atomic E-state index is 13.6. The molecule has 3 heteroatoms. The lowest BCUT2D eigenvalue weighted by atomic mass is 9.88. The van der Waals surface area contributed by atoms with Gasteiger partial charge < -0.3 is 0 Å². The molecule has 28 heavy (non-hydrogen) atoms. The van der Waals surface area contributed by atoms with Crippen molar-refractivity contribution in [2.75, 3.05) is 0 Å². The van der Waals surface area contributed by atoms with Crippen molar-refractivity contribution in [3.63, 3.8) is 0 Å². The molecule has 4 rings (SSSR count). The summed E-state index contributed by atoms with van der Waals surface area (Å²) in [4.78, 5) is 0. The summed E-state index contributed by atoms with van der Waals surface area (Å²) < 4.78 is 40.8. The molecular weight excluding hydrogens is 357 g/mol. The molecule has 0 fully saturated rings. The second-order valence-electron chi connectivity index (χ2n) is 6.50.